The Morgan fingerprint density at radius 2 is 0.608 bits per heavy atom. The average molecular weight is 651 g/mol. The van der Waals surface area contributed by atoms with Gasteiger partial charge in [0, 0.05) is 32.9 Å². The molecule has 0 saturated carbocycles. The van der Waals surface area contributed by atoms with Gasteiger partial charge in [-0.05, 0) is 113 Å². The van der Waals surface area contributed by atoms with Crippen LogP contribution in [-0.4, -0.2) is 9.13 Å². The van der Waals surface area contributed by atoms with E-state index in [0.717, 1.165) is 5.69 Å². The highest BCUT2D eigenvalue weighted by Gasteiger charge is 2.17. The highest BCUT2D eigenvalue weighted by Crippen LogP contribution is 2.40. The summed E-state index contributed by atoms with van der Waals surface area (Å²) in [4.78, 5) is 0. The summed E-state index contributed by atoms with van der Waals surface area (Å²) in [5, 5.41) is 5.04. The maximum atomic E-state index is 2.41. The van der Waals surface area contributed by atoms with Crippen molar-refractivity contribution >= 4 is 43.6 Å². The lowest BCUT2D eigenvalue weighted by Crippen LogP contribution is -1.94. The van der Waals surface area contributed by atoms with E-state index in [1.54, 1.807) is 0 Å². The molecule has 240 valence electrons. The monoisotopic (exact) mass is 650 g/mol. The molecule has 51 heavy (non-hydrogen) atoms. The fourth-order valence-electron chi connectivity index (χ4n) is 7.90. The number of hydrogen-bond donors (Lipinski definition) is 0. The van der Waals surface area contributed by atoms with Gasteiger partial charge in [-0.25, -0.2) is 0 Å². The Kier molecular flexibility index (Phi) is 6.75. The van der Waals surface area contributed by atoms with Crippen LogP contribution in [0.4, 0.5) is 0 Å². The van der Waals surface area contributed by atoms with E-state index < -0.39 is 0 Å². The first-order valence-corrected chi connectivity index (χ1v) is 17.6. The van der Waals surface area contributed by atoms with Crippen molar-refractivity contribution in [1.29, 1.82) is 0 Å². The lowest BCUT2D eigenvalue weighted by molar-refractivity contribution is 1.18. The van der Waals surface area contributed by atoms with Crippen molar-refractivity contribution < 1.29 is 0 Å². The van der Waals surface area contributed by atoms with E-state index in [-0.39, 0.29) is 0 Å². The van der Waals surface area contributed by atoms with E-state index >= 15 is 0 Å². The molecule has 8 aromatic carbocycles. The number of benzene rings is 8. The highest BCUT2D eigenvalue weighted by atomic mass is 15.0. The Morgan fingerprint density at radius 1 is 0.275 bits per heavy atom. The van der Waals surface area contributed by atoms with Gasteiger partial charge in [-0.15, -0.1) is 0 Å². The molecule has 0 bridgehead atoms. The molecule has 0 aliphatic carbocycles. The van der Waals surface area contributed by atoms with Crippen molar-refractivity contribution in [1.82, 2.24) is 9.13 Å². The lowest BCUT2D eigenvalue weighted by atomic mass is 9.99. The van der Waals surface area contributed by atoms with Gasteiger partial charge in [0.05, 0.1) is 22.1 Å². The first kappa shape index (κ1) is 29.3. The van der Waals surface area contributed by atoms with Crippen LogP contribution in [0.1, 0.15) is 5.56 Å². The van der Waals surface area contributed by atoms with E-state index in [1.165, 1.54) is 88.2 Å². The van der Waals surface area contributed by atoms with Gasteiger partial charge >= 0.3 is 0 Å². The zero-order chi connectivity index (χ0) is 33.9. The van der Waals surface area contributed by atoms with Crippen LogP contribution in [0.15, 0.2) is 188 Å². The van der Waals surface area contributed by atoms with E-state index in [2.05, 4.69) is 204 Å². The van der Waals surface area contributed by atoms with E-state index in [9.17, 15) is 0 Å². The molecule has 0 saturated heterocycles. The second kappa shape index (κ2) is 11.8. The van der Waals surface area contributed by atoms with Gasteiger partial charge in [-0.2, -0.15) is 0 Å². The molecular formula is C49H34N2. The number of aryl methyl sites for hydroxylation is 1. The number of para-hydroxylation sites is 1. The van der Waals surface area contributed by atoms with Crippen molar-refractivity contribution in [3.63, 3.8) is 0 Å². The van der Waals surface area contributed by atoms with E-state index in [4.69, 9.17) is 0 Å². The smallest absolute Gasteiger partial charge is 0.0541 e. The second-order valence-corrected chi connectivity index (χ2v) is 13.5. The minimum Gasteiger partial charge on any atom is -0.309 e. The molecule has 0 radical (unpaired) electrons. The van der Waals surface area contributed by atoms with E-state index in [0.29, 0.717) is 0 Å². The normalized spacial score (nSPS) is 11.6. The van der Waals surface area contributed by atoms with Crippen molar-refractivity contribution in [3.8, 4) is 44.8 Å². The minimum atomic E-state index is 1.15. The SMILES string of the molecule is Cc1ccc2c(c1)c1cc(-c3ccc4c(c3)c3cc(-c5ccccc5)ccc3n4-c3ccc(-c4ccccc4)cc3)ccc1n2-c1ccccc1. The van der Waals surface area contributed by atoms with Gasteiger partial charge in [-0.1, -0.05) is 121 Å². The molecule has 0 N–H and O–H groups in total. The van der Waals surface area contributed by atoms with Crippen molar-refractivity contribution in [2.24, 2.45) is 0 Å². The standard InChI is InChI=1S/C49H34N2/c1-33-17-25-46-42(29-33)43-31-38(21-27-47(43)50(46)40-15-9-4-10-16-40)39-22-28-49-45(32-39)44-30-37(35-13-7-3-8-14-35)20-26-48(44)51(49)41-23-18-36(19-24-41)34-11-5-2-6-12-34/h2-32H,1H3. The van der Waals surface area contributed by atoms with Gasteiger partial charge in [0.15, 0.2) is 0 Å². The van der Waals surface area contributed by atoms with Gasteiger partial charge in [0.2, 0.25) is 0 Å². The Bertz CT molecular complexity index is 2880. The molecule has 0 amide bonds. The summed E-state index contributed by atoms with van der Waals surface area (Å²) in [6, 6.07) is 68.6. The first-order valence-electron chi connectivity index (χ1n) is 17.6. The highest BCUT2D eigenvalue weighted by molar-refractivity contribution is 6.13. The lowest BCUT2D eigenvalue weighted by Gasteiger charge is -2.10. The molecule has 2 nitrogen and oxygen atoms in total. The molecule has 0 aliphatic heterocycles. The molecule has 10 aromatic rings. The molecule has 0 unspecified atom stereocenters. The number of hydrogen-bond acceptors (Lipinski definition) is 0. The predicted molar refractivity (Wildman–Crippen MR) is 216 cm³/mol. The van der Waals surface area contributed by atoms with Gasteiger partial charge in [0.1, 0.15) is 0 Å². The minimum absolute atomic E-state index is 1.15. The van der Waals surface area contributed by atoms with Gasteiger partial charge < -0.3 is 9.13 Å². The maximum Gasteiger partial charge on any atom is 0.0541 e. The zero-order valence-electron chi connectivity index (χ0n) is 28.3. The van der Waals surface area contributed by atoms with Crippen LogP contribution >= 0.6 is 0 Å². The predicted octanol–water partition coefficient (Wildman–Crippen LogP) is 13.2. The topological polar surface area (TPSA) is 9.86 Å². The summed E-state index contributed by atoms with van der Waals surface area (Å²) in [6.07, 6.45) is 0. The van der Waals surface area contributed by atoms with Crippen LogP contribution in [0.2, 0.25) is 0 Å². The van der Waals surface area contributed by atoms with Gasteiger partial charge in [-0.3, -0.25) is 0 Å². The number of nitrogens with zero attached hydrogens (tertiary/aromatic N) is 2. The molecule has 0 atom stereocenters. The van der Waals surface area contributed by atoms with E-state index in [1.807, 2.05) is 0 Å². The summed E-state index contributed by atoms with van der Waals surface area (Å²) < 4.78 is 4.80. The van der Waals surface area contributed by atoms with Crippen molar-refractivity contribution in [2.75, 3.05) is 0 Å². The largest absolute Gasteiger partial charge is 0.309 e. The summed E-state index contributed by atoms with van der Waals surface area (Å²) in [6.45, 7) is 2.18. The van der Waals surface area contributed by atoms with Crippen LogP contribution in [0.3, 0.4) is 0 Å². The maximum absolute atomic E-state index is 2.41. The molecule has 0 fully saturated rings. The Hall–Kier alpha value is -6.64. The third kappa shape index (κ3) is 4.87. The summed E-state index contributed by atoms with van der Waals surface area (Å²) in [5.41, 5.74) is 15.7. The second-order valence-electron chi connectivity index (χ2n) is 13.5. The quantitative estimate of drug-likeness (QED) is 0.175. The number of aromatic nitrogens is 2. The Balaban J connectivity index is 1.17. The third-order valence-electron chi connectivity index (χ3n) is 10.4. The molecule has 0 spiro atoms. The molecule has 2 heteroatoms. The van der Waals surface area contributed by atoms with Crippen LogP contribution in [0, 0.1) is 6.92 Å². The summed E-state index contributed by atoms with van der Waals surface area (Å²) >= 11 is 0. The molecular weight excluding hydrogens is 617 g/mol. The molecule has 2 heterocycles. The van der Waals surface area contributed by atoms with Crippen LogP contribution in [0.25, 0.3) is 88.4 Å². The first-order chi connectivity index (χ1) is 25.2. The number of fused-ring (bicyclic) bond motifs is 6. The number of rotatable bonds is 5. The van der Waals surface area contributed by atoms with Crippen LogP contribution < -0.4 is 0 Å². The molecule has 0 aliphatic rings. The summed E-state index contributed by atoms with van der Waals surface area (Å²) in [7, 11) is 0. The Morgan fingerprint density at radius 3 is 1.10 bits per heavy atom. The average Bonchev–Trinajstić information content (AvgIpc) is 3.70. The zero-order valence-corrected chi connectivity index (χ0v) is 28.3. The molecule has 2 aromatic heterocycles. The van der Waals surface area contributed by atoms with Gasteiger partial charge in [0.25, 0.3) is 0 Å². The summed E-state index contributed by atoms with van der Waals surface area (Å²) in [5.74, 6) is 0. The van der Waals surface area contributed by atoms with Crippen molar-refractivity contribution in [3.05, 3.63) is 194 Å². The third-order valence-corrected chi connectivity index (χ3v) is 10.4. The molecule has 10 rings (SSSR count). The fraction of sp³-hybridized carbons (Fsp3) is 0.0204. The van der Waals surface area contributed by atoms with Crippen LogP contribution in [-0.2, 0) is 0 Å². The van der Waals surface area contributed by atoms with Crippen LogP contribution in [0.5, 0.6) is 0 Å². The Labute approximate surface area is 297 Å². The van der Waals surface area contributed by atoms with Crippen molar-refractivity contribution in [2.45, 2.75) is 6.92 Å². The fourth-order valence-corrected chi connectivity index (χ4v) is 7.90.